The Morgan fingerprint density at radius 1 is 1.26 bits per heavy atom. The van der Waals surface area contributed by atoms with Gasteiger partial charge in [0, 0.05) is 17.5 Å². The van der Waals surface area contributed by atoms with E-state index >= 15 is 0 Å². The number of para-hydroxylation sites is 1. The van der Waals surface area contributed by atoms with Gasteiger partial charge in [0.1, 0.15) is 5.69 Å². The van der Waals surface area contributed by atoms with Gasteiger partial charge in [0.15, 0.2) is 0 Å². The van der Waals surface area contributed by atoms with Crippen LogP contribution in [0, 0.1) is 0 Å². The molecule has 0 atom stereocenters. The van der Waals surface area contributed by atoms with E-state index in [1.807, 2.05) is 18.2 Å². The van der Waals surface area contributed by atoms with Crippen LogP contribution >= 0.6 is 0 Å². The SMILES string of the molecule is O=C(O)Cc1c(C(=O)O)n2c3c(cccc13)CCC2. The van der Waals surface area contributed by atoms with Crippen molar-refractivity contribution >= 4 is 22.8 Å². The average molecular weight is 259 g/mol. The first-order chi connectivity index (χ1) is 9.09. The molecule has 2 heterocycles. The van der Waals surface area contributed by atoms with Gasteiger partial charge in [0.05, 0.1) is 11.9 Å². The van der Waals surface area contributed by atoms with Gasteiger partial charge >= 0.3 is 11.9 Å². The summed E-state index contributed by atoms with van der Waals surface area (Å²) in [6.07, 6.45) is 1.54. The molecule has 19 heavy (non-hydrogen) atoms. The lowest BCUT2D eigenvalue weighted by atomic mass is 10.0. The number of nitrogens with zero attached hydrogens (tertiary/aromatic N) is 1. The lowest BCUT2D eigenvalue weighted by Crippen LogP contribution is -2.15. The van der Waals surface area contributed by atoms with Crippen LogP contribution in [0.5, 0.6) is 0 Å². The maximum Gasteiger partial charge on any atom is 0.352 e. The van der Waals surface area contributed by atoms with E-state index in [0.717, 1.165) is 29.3 Å². The first-order valence-electron chi connectivity index (χ1n) is 6.17. The van der Waals surface area contributed by atoms with E-state index in [1.54, 1.807) is 4.57 Å². The van der Waals surface area contributed by atoms with Gasteiger partial charge in [-0.1, -0.05) is 18.2 Å². The van der Waals surface area contributed by atoms with Crippen LogP contribution in [0.2, 0.25) is 0 Å². The standard InChI is InChI=1S/C14H13NO4/c16-11(17)7-10-9-5-1-3-8-4-2-6-15(12(8)9)13(10)14(18)19/h1,3,5H,2,4,6-7H2,(H,16,17)(H,18,19). The first-order valence-corrected chi connectivity index (χ1v) is 6.17. The third-order valence-electron chi connectivity index (χ3n) is 3.63. The Hall–Kier alpha value is -2.30. The van der Waals surface area contributed by atoms with Crippen LogP contribution in [-0.2, 0) is 24.2 Å². The molecule has 0 aliphatic carbocycles. The van der Waals surface area contributed by atoms with Crippen LogP contribution in [0.3, 0.4) is 0 Å². The zero-order valence-corrected chi connectivity index (χ0v) is 10.2. The molecule has 2 N–H and O–H groups in total. The highest BCUT2D eigenvalue weighted by molar-refractivity contribution is 6.01. The Kier molecular flexibility index (Phi) is 2.55. The van der Waals surface area contributed by atoms with Crippen LogP contribution in [0.15, 0.2) is 18.2 Å². The van der Waals surface area contributed by atoms with Crippen LogP contribution in [0.1, 0.15) is 28.0 Å². The average Bonchev–Trinajstić information content (AvgIpc) is 2.66. The second-order valence-electron chi connectivity index (χ2n) is 4.77. The van der Waals surface area contributed by atoms with Crippen LogP contribution < -0.4 is 0 Å². The minimum Gasteiger partial charge on any atom is -0.481 e. The molecule has 0 fully saturated rings. The Morgan fingerprint density at radius 2 is 2.05 bits per heavy atom. The third-order valence-corrected chi connectivity index (χ3v) is 3.63. The molecular formula is C14H13NO4. The lowest BCUT2D eigenvalue weighted by molar-refractivity contribution is -0.136. The summed E-state index contributed by atoms with van der Waals surface area (Å²) in [7, 11) is 0. The Balaban J connectivity index is 2.40. The van der Waals surface area contributed by atoms with Gasteiger partial charge in [0.2, 0.25) is 0 Å². The molecule has 0 bridgehead atoms. The Bertz CT molecular complexity index is 699. The van der Waals surface area contributed by atoms with E-state index < -0.39 is 11.9 Å². The van der Waals surface area contributed by atoms with Crippen molar-refractivity contribution in [3.63, 3.8) is 0 Å². The summed E-state index contributed by atoms with van der Waals surface area (Å²) in [6, 6.07) is 5.66. The van der Waals surface area contributed by atoms with E-state index in [9.17, 15) is 14.7 Å². The van der Waals surface area contributed by atoms with E-state index in [-0.39, 0.29) is 12.1 Å². The monoisotopic (exact) mass is 259 g/mol. The maximum absolute atomic E-state index is 11.5. The predicted octanol–water partition coefficient (Wildman–Crippen LogP) is 1.91. The number of aromatic carboxylic acids is 1. The van der Waals surface area contributed by atoms with Crippen molar-refractivity contribution in [2.75, 3.05) is 0 Å². The molecular weight excluding hydrogens is 246 g/mol. The summed E-state index contributed by atoms with van der Waals surface area (Å²) in [5.74, 6) is -2.06. The third kappa shape index (κ3) is 1.69. The molecule has 0 saturated carbocycles. The number of hydrogen-bond donors (Lipinski definition) is 2. The molecule has 1 aliphatic heterocycles. The van der Waals surface area contributed by atoms with E-state index in [0.29, 0.717) is 12.1 Å². The Morgan fingerprint density at radius 3 is 2.74 bits per heavy atom. The molecule has 0 spiro atoms. The topological polar surface area (TPSA) is 79.5 Å². The number of carboxylic acids is 2. The van der Waals surface area contributed by atoms with Crippen molar-refractivity contribution in [3.8, 4) is 0 Å². The van der Waals surface area contributed by atoms with Crippen LogP contribution in [0.4, 0.5) is 0 Å². The molecule has 0 unspecified atom stereocenters. The minimum absolute atomic E-state index is 0.129. The van der Waals surface area contributed by atoms with Crippen LogP contribution in [0.25, 0.3) is 10.9 Å². The fourth-order valence-corrected chi connectivity index (χ4v) is 2.98. The minimum atomic E-state index is -1.06. The summed E-state index contributed by atoms with van der Waals surface area (Å²) in [5, 5.41) is 19.2. The van der Waals surface area contributed by atoms with Crippen molar-refractivity contribution in [1.29, 1.82) is 0 Å². The zero-order valence-electron chi connectivity index (χ0n) is 10.2. The van der Waals surface area contributed by atoms with Gasteiger partial charge in [-0.2, -0.15) is 0 Å². The van der Waals surface area contributed by atoms with Crippen molar-refractivity contribution in [1.82, 2.24) is 4.57 Å². The lowest BCUT2D eigenvalue weighted by Gasteiger charge is -2.16. The van der Waals surface area contributed by atoms with Crippen molar-refractivity contribution < 1.29 is 19.8 Å². The highest BCUT2D eigenvalue weighted by Crippen LogP contribution is 2.33. The molecule has 5 nitrogen and oxygen atoms in total. The Labute approximate surface area is 109 Å². The van der Waals surface area contributed by atoms with Gasteiger partial charge in [0.25, 0.3) is 0 Å². The number of benzene rings is 1. The quantitative estimate of drug-likeness (QED) is 0.882. The maximum atomic E-state index is 11.5. The van der Waals surface area contributed by atoms with Gasteiger partial charge < -0.3 is 14.8 Å². The molecule has 98 valence electrons. The molecule has 1 aromatic carbocycles. The van der Waals surface area contributed by atoms with Crippen molar-refractivity contribution in [2.45, 2.75) is 25.8 Å². The molecule has 0 saturated heterocycles. The number of aromatic nitrogens is 1. The fourth-order valence-electron chi connectivity index (χ4n) is 2.98. The summed E-state index contributed by atoms with van der Waals surface area (Å²) < 4.78 is 1.76. The molecule has 1 aliphatic rings. The molecule has 1 aromatic heterocycles. The molecule has 2 aromatic rings. The fraction of sp³-hybridized carbons (Fsp3) is 0.286. The summed E-state index contributed by atoms with van der Waals surface area (Å²) in [4.78, 5) is 22.5. The number of rotatable bonds is 3. The molecule has 3 rings (SSSR count). The number of hydrogen-bond acceptors (Lipinski definition) is 2. The smallest absolute Gasteiger partial charge is 0.352 e. The van der Waals surface area contributed by atoms with Gasteiger partial charge in [-0.3, -0.25) is 4.79 Å². The number of aliphatic carboxylic acids is 1. The molecule has 5 heteroatoms. The molecule has 0 radical (unpaired) electrons. The van der Waals surface area contributed by atoms with E-state index in [2.05, 4.69) is 0 Å². The van der Waals surface area contributed by atoms with Gasteiger partial charge in [-0.25, -0.2) is 4.79 Å². The van der Waals surface area contributed by atoms with Crippen molar-refractivity contribution in [2.24, 2.45) is 0 Å². The zero-order chi connectivity index (χ0) is 13.6. The van der Waals surface area contributed by atoms with E-state index in [1.165, 1.54) is 0 Å². The summed E-state index contributed by atoms with van der Waals surface area (Å²) in [5.41, 5.74) is 2.54. The van der Waals surface area contributed by atoms with E-state index in [4.69, 9.17) is 5.11 Å². The summed E-state index contributed by atoms with van der Waals surface area (Å²) >= 11 is 0. The van der Waals surface area contributed by atoms with Gasteiger partial charge in [-0.05, 0) is 18.4 Å². The predicted molar refractivity (Wildman–Crippen MR) is 68.6 cm³/mol. The first kappa shape index (κ1) is 11.8. The second-order valence-corrected chi connectivity index (χ2v) is 4.77. The number of carbonyl (C=O) groups is 2. The molecule has 0 amide bonds. The highest BCUT2D eigenvalue weighted by Gasteiger charge is 2.26. The van der Waals surface area contributed by atoms with Crippen LogP contribution in [-0.4, -0.2) is 26.7 Å². The summed E-state index contributed by atoms with van der Waals surface area (Å²) in [6.45, 7) is 0.634. The number of carboxylic acid groups (broad SMARTS) is 2. The second kappa shape index (κ2) is 4.12. The normalized spacial score (nSPS) is 13.7. The van der Waals surface area contributed by atoms with Gasteiger partial charge in [-0.15, -0.1) is 0 Å². The number of aryl methyl sites for hydroxylation is 2. The van der Waals surface area contributed by atoms with Crippen molar-refractivity contribution in [3.05, 3.63) is 35.0 Å². The highest BCUT2D eigenvalue weighted by atomic mass is 16.4. The largest absolute Gasteiger partial charge is 0.481 e.